The molecule has 4 N–H and O–H groups in total. The number of rotatable bonds is 3. The van der Waals surface area contributed by atoms with Crippen molar-refractivity contribution in [3.63, 3.8) is 0 Å². The molecular formula is C11H10F3N2O6PS. The van der Waals surface area contributed by atoms with Crippen LogP contribution in [-0.2, 0) is 20.8 Å². The second-order valence-electron chi connectivity index (χ2n) is 4.67. The number of aromatic nitrogens is 1. The van der Waals surface area contributed by atoms with Crippen molar-refractivity contribution < 1.29 is 35.9 Å². The normalized spacial score (nSPS) is 13.4. The number of pyridine rings is 1. The predicted octanol–water partition coefficient (Wildman–Crippen LogP) is 0.258. The highest BCUT2D eigenvalue weighted by atomic mass is 32.2. The highest BCUT2D eigenvalue weighted by Crippen LogP contribution is 2.37. The standard InChI is InChI=1S/C11H10F3N2O6PS/c1-15-24(21,22)9-3-5-2-8(23(18,19)20)10(17)16-7(5)4-6(9)11(12,13)14/h2-4,15H,1H3,(H,16,17)(H2,18,19,20). The molecule has 2 rings (SSSR count). The van der Waals surface area contributed by atoms with E-state index >= 15 is 0 Å². The largest absolute Gasteiger partial charge is 0.417 e. The minimum Gasteiger partial charge on any atom is -0.321 e. The molecule has 0 aliphatic rings. The molecule has 0 amide bonds. The third-order valence-corrected chi connectivity index (χ3v) is 5.52. The van der Waals surface area contributed by atoms with Crippen LogP contribution < -0.4 is 15.6 Å². The lowest BCUT2D eigenvalue weighted by atomic mass is 10.1. The maximum atomic E-state index is 13.1. The molecule has 0 fully saturated rings. The molecule has 1 heterocycles. The van der Waals surface area contributed by atoms with E-state index in [-0.39, 0.29) is 5.39 Å². The maximum absolute atomic E-state index is 13.1. The summed E-state index contributed by atoms with van der Waals surface area (Å²) in [6.07, 6.45) is -5.04. The van der Waals surface area contributed by atoms with Gasteiger partial charge in [0.2, 0.25) is 10.0 Å². The summed E-state index contributed by atoms with van der Waals surface area (Å²) in [4.78, 5) is 30.5. The Kier molecular flexibility index (Phi) is 4.40. The molecule has 0 saturated carbocycles. The number of H-pyrrole nitrogens is 1. The number of aromatic amines is 1. The Morgan fingerprint density at radius 1 is 1.21 bits per heavy atom. The van der Waals surface area contributed by atoms with E-state index in [1.165, 1.54) is 0 Å². The van der Waals surface area contributed by atoms with Crippen molar-refractivity contribution in [1.82, 2.24) is 9.71 Å². The minimum atomic E-state index is -5.04. The van der Waals surface area contributed by atoms with Crippen LogP contribution in [0, 0.1) is 0 Å². The Balaban J connectivity index is 2.97. The molecule has 0 spiro atoms. The number of sulfonamides is 1. The van der Waals surface area contributed by atoms with Crippen molar-refractivity contribution in [2.45, 2.75) is 11.1 Å². The van der Waals surface area contributed by atoms with Gasteiger partial charge in [-0.05, 0) is 25.2 Å². The molecule has 0 aliphatic carbocycles. The summed E-state index contributed by atoms with van der Waals surface area (Å²) in [6.45, 7) is 0. The van der Waals surface area contributed by atoms with Gasteiger partial charge in [-0.3, -0.25) is 9.36 Å². The van der Waals surface area contributed by atoms with Gasteiger partial charge in [-0.25, -0.2) is 13.1 Å². The average Bonchev–Trinajstić information content (AvgIpc) is 2.43. The number of fused-ring (bicyclic) bond motifs is 1. The van der Waals surface area contributed by atoms with Crippen molar-refractivity contribution in [3.05, 3.63) is 34.1 Å². The monoisotopic (exact) mass is 386 g/mol. The number of halogens is 3. The Bertz CT molecular complexity index is 1020. The summed E-state index contributed by atoms with van der Waals surface area (Å²) >= 11 is 0. The van der Waals surface area contributed by atoms with Gasteiger partial charge < -0.3 is 14.8 Å². The van der Waals surface area contributed by atoms with Gasteiger partial charge in [-0.1, -0.05) is 0 Å². The van der Waals surface area contributed by atoms with Crippen molar-refractivity contribution in [3.8, 4) is 0 Å². The van der Waals surface area contributed by atoms with Crippen LogP contribution in [0.4, 0.5) is 13.2 Å². The number of hydrogen-bond donors (Lipinski definition) is 4. The van der Waals surface area contributed by atoms with Crippen LogP contribution in [0.2, 0.25) is 0 Å². The van der Waals surface area contributed by atoms with Crippen molar-refractivity contribution in [2.75, 3.05) is 7.05 Å². The van der Waals surface area contributed by atoms with Crippen LogP contribution in [0.15, 0.2) is 27.9 Å². The number of alkyl halides is 3. The van der Waals surface area contributed by atoms with E-state index in [4.69, 9.17) is 9.79 Å². The molecule has 1 aromatic heterocycles. The molecule has 1 aromatic carbocycles. The molecule has 0 radical (unpaired) electrons. The highest BCUT2D eigenvalue weighted by Gasteiger charge is 2.37. The molecule has 8 nitrogen and oxygen atoms in total. The predicted molar refractivity (Wildman–Crippen MR) is 77.5 cm³/mol. The smallest absolute Gasteiger partial charge is 0.321 e. The van der Waals surface area contributed by atoms with E-state index in [0.29, 0.717) is 18.2 Å². The Hall–Kier alpha value is -1.72. The van der Waals surface area contributed by atoms with Gasteiger partial charge in [0, 0.05) is 10.9 Å². The first-order chi connectivity index (χ1) is 10.8. The Morgan fingerprint density at radius 3 is 2.25 bits per heavy atom. The molecule has 0 saturated heterocycles. The molecule has 0 unspecified atom stereocenters. The lowest BCUT2D eigenvalue weighted by Crippen LogP contribution is -2.27. The minimum absolute atomic E-state index is 0.283. The Morgan fingerprint density at radius 2 is 1.79 bits per heavy atom. The fourth-order valence-corrected chi connectivity index (χ4v) is 3.59. The first-order valence-electron chi connectivity index (χ1n) is 6.05. The fraction of sp³-hybridized carbons (Fsp3) is 0.182. The summed E-state index contributed by atoms with van der Waals surface area (Å²) in [5.74, 6) is 0. The first-order valence-corrected chi connectivity index (χ1v) is 9.15. The number of benzene rings is 1. The van der Waals surface area contributed by atoms with Gasteiger partial charge in [0.15, 0.2) is 0 Å². The van der Waals surface area contributed by atoms with Crippen LogP contribution in [-0.4, -0.2) is 30.2 Å². The van der Waals surface area contributed by atoms with E-state index < -0.39 is 50.6 Å². The van der Waals surface area contributed by atoms with E-state index in [0.717, 1.165) is 7.05 Å². The van der Waals surface area contributed by atoms with E-state index in [9.17, 15) is 30.9 Å². The van der Waals surface area contributed by atoms with Crippen molar-refractivity contribution >= 4 is 33.8 Å². The van der Waals surface area contributed by atoms with Crippen molar-refractivity contribution in [1.29, 1.82) is 0 Å². The lowest BCUT2D eigenvalue weighted by Gasteiger charge is -2.14. The van der Waals surface area contributed by atoms with Gasteiger partial charge in [0.1, 0.15) is 5.30 Å². The zero-order valence-electron chi connectivity index (χ0n) is 11.7. The summed E-state index contributed by atoms with van der Waals surface area (Å²) in [6, 6.07) is 1.63. The van der Waals surface area contributed by atoms with Crippen molar-refractivity contribution in [2.24, 2.45) is 0 Å². The second kappa shape index (κ2) is 5.67. The molecule has 2 aromatic rings. The molecule has 0 atom stereocenters. The average molecular weight is 386 g/mol. The number of nitrogens with one attached hydrogen (secondary N) is 2. The Labute approximate surface area is 132 Å². The molecule has 0 bridgehead atoms. The summed E-state index contributed by atoms with van der Waals surface area (Å²) in [5, 5.41) is -1.27. The summed E-state index contributed by atoms with van der Waals surface area (Å²) in [5.41, 5.74) is -3.21. The van der Waals surface area contributed by atoms with Gasteiger partial charge in [0.25, 0.3) is 5.56 Å². The van der Waals surface area contributed by atoms with Crippen LogP contribution >= 0.6 is 7.60 Å². The van der Waals surface area contributed by atoms with Crippen LogP contribution in [0.1, 0.15) is 5.56 Å². The van der Waals surface area contributed by atoms with Crippen LogP contribution in [0.3, 0.4) is 0 Å². The number of hydrogen-bond acceptors (Lipinski definition) is 4. The topological polar surface area (TPSA) is 137 Å². The SMILES string of the molecule is CNS(=O)(=O)c1cc2cc(P(=O)(O)O)c(=O)[nH]c2cc1C(F)(F)F. The van der Waals surface area contributed by atoms with E-state index in [2.05, 4.69) is 0 Å². The molecule has 0 aliphatic heterocycles. The van der Waals surface area contributed by atoms with E-state index in [1.807, 2.05) is 4.98 Å². The van der Waals surface area contributed by atoms with Gasteiger partial charge in [0.05, 0.1) is 10.5 Å². The van der Waals surface area contributed by atoms with Gasteiger partial charge in [-0.2, -0.15) is 13.2 Å². The highest BCUT2D eigenvalue weighted by molar-refractivity contribution is 7.89. The third-order valence-electron chi connectivity index (χ3n) is 3.10. The molecular weight excluding hydrogens is 376 g/mol. The van der Waals surface area contributed by atoms with Crippen LogP contribution in [0.5, 0.6) is 0 Å². The zero-order chi connectivity index (χ0) is 18.5. The molecule has 132 valence electrons. The fourth-order valence-electron chi connectivity index (χ4n) is 1.99. The second-order valence-corrected chi connectivity index (χ2v) is 8.09. The van der Waals surface area contributed by atoms with Gasteiger partial charge in [-0.15, -0.1) is 0 Å². The van der Waals surface area contributed by atoms with Gasteiger partial charge >= 0.3 is 13.8 Å². The first kappa shape index (κ1) is 18.6. The summed E-state index contributed by atoms with van der Waals surface area (Å²) in [7, 11) is -8.61. The zero-order valence-corrected chi connectivity index (χ0v) is 13.5. The molecule has 24 heavy (non-hydrogen) atoms. The lowest BCUT2D eigenvalue weighted by molar-refractivity contribution is -0.139. The molecule has 13 heteroatoms. The summed E-state index contributed by atoms with van der Waals surface area (Å²) < 4.78 is 75.9. The van der Waals surface area contributed by atoms with E-state index in [1.54, 1.807) is 4.72 Å². The quantitative estimate of drug-likeness (QED) is 0.559. The van der Waals surface area contributed by atoms with Crippen LogP contribution in [0.25, 0.3) is 10.9 Å². The maximum Gasteiger partial charge on any atom is 0.417 e. The third kappa shape index (κ3) is 3.37.